The number of hydrogen-bond acceptors (Lipinski definition) is 4. The van der Waals surface area contributed by atoms with Crippen LogP contribution >= 0.6 is 0 Å². The van der Waals surface area contributed by atoms with Gasteiger partial charge >= 0.3 is 0 Å². The van der Waals surface area contributed by atoms with Gasteiger partial charge < -0.3 is 9.73 Å². The Hall–Kier alpha value is -0.850. The predicted molar refractivity (Wildman–Crippen MR) is 76.6 cm³/mol. The monoisotopic (exact) mass is 288 g/mol. The molecule has 110 valence electrons. The van der Waals surface area contributed by atoms with Crippen molar-refractivity contribution in [1.29, 1.82) is 0 Å². The number of nitrogens with one attached hydrogen (secondary N) is 2. The van der Waals surface area contributed by atoms with Gasteiger partial charge in [-0.05, 0) is 31.5 Å². The third-order valence-corrected chi connectivity index (χ3v) is 4.14. The molecule has 1 aromatic rings. The number of rotatable bonds is 10. The lowest BCUT2D eigenvalue weighted by atomic mass is 10.3. The summed E-state index contributed by atoms with van der Waals surface area (Å²) in [6.07, 6.45) is 3.72. The van der Waals surface area contributed by atoms with Crippen LogP contribution in [0.15, 0.2) is 22.8 Å². The molecule has 0 atom stereocenters. The molecule has 0 aliphatic carbocycles. The van der Waals surface area contributed by atoms with Gasteiger partial charge in [-0.15, -0.1) is 0 Å². The van der Waals surface area contributed by atoms with Gasteiger partial charge in [-0.2, -0.15) is 0 Å². The highest BCUT2D eigenvalue weighted by atomic mass is 32.2. The first-order valence-electron chi connectivity index (χ1n) is 6.73. The zero-order valence-electron chi connectivity index (χ0n) is 11.7. The Balaban J connectivity index is 2.10. The summed E-state index contributed by atoms with van der Waals surface area (Å²) in [5.74, 6) is 0.981. The molecule has 0 bridgehead atoms. The fourth-order valence-electron chi connectivity index (χ4n) is 1.66. The summed E-state index contributed by atoms with van der Waals surface area (Å²) in [5, 5.41) is 3.27. The maximum Gasteiger partial charge on any atom is 0.211 e. The van der Waals surface area contributed by atoms with E-state index >= 15 is 0 Å². The van der Waals surface area contributed by atoms with Gasteiger partial charge in [0, 0.05) is 19.0 Å². The molecular weight excluding hydrogens is 264 g/mol. The van der Waals surface area contributed by atoms with E-state index in [0.717, 1.165) is 18.7 Å². The number of furan rings is 1. The first-order chi connectivity index (χ1) is 8.99. The Morgan fingerprint density at radius 3 is 2.68 bits per heavy atom. The highest BCUT2D eigenvalue weighted by Gasteiger charge is 2.09. The highest BCUT2D eigenvalue weighted by Crippen LogP contribution is 2.00. The predicted octanol–water partition coefficient (Wildman–Crippen LogP) is 1.52. The summed E-state index contributed by atoms with van der Waals surface area (Å²) in [4.78, 5) is 0. The van der Waals surface area contributed by atoms with Gasteiger partial charge in [0.15, 0.2) is 0 Å². The standard InChI is InChI=1S/C13H24N2O3S/c1-12(2)14-8-3-4-11-19(16,17)15-9-7-13-6-5-10-18-13/h5-6,10,12,14-15H,3-4,7-9,11H2,1-2H3. The summed E-state index contributed by atoms with van der Waals surface area (Å²) < 4.78 is 31.1. The maximum absolute atomic E-state index is 11.7. The molecule has 6 heteroatoms. The van der Waals surface area contributed by atoms with E-state index in [9.17, 15) is 8.42 Å². The van der Waals surface area contributed by atoms with Crippen molar-refractivity contribution >= 4 is 10.0 Å². The fraction of sp³-hybridized carbons (Fsp3) is 0.692. The van der Waals surface area contributed by atoms with Gasteiger partial charge in [0.05, 0.1) is 12.0 Å². The molecule has 2 N–H and O–H groups in total. The van der Waals surface area contributed by atoms with E-state index in [0.29, 0.717) is 25.4 Å². The summed E-state index contributed by atoms with van der Waals surface area (Å²) in [6.45, 7) is 5.40. The van der Waals surface area contributed by atoms with Crippen molar-refractivity contribution in [3.05, 3.63) is 24.2 Å². The van der Waals surface area contributed by atoms with Crippen LogP contribution in [0.3, 0.4) is 0 Å². The van der Waals surface area contributed by atoms with Crippen LogP contribution in [0, 0.1) is 0 Å². The molecule has 1 rings (SSSR count). The van der Waals surface area contributed by atoms with Crippen LogP contribution in [0.2, 0.25) is 0 Å². The lowest BCUT2D eigenvalue weighted by Crippen LogP contribution is -2.29. The van der Waals surface area contributed by atoms with Crippen molar-refractivity contribution in [2.75, 3.05) is 18.8 Å². The van der Waals surface area contributed by atoms with Crippen molar-refractivity contribution in [2.24, 2.45) is 0 Å². The molecule has 5 nitrogen and oxygen atoms in total. The summed E-state index contributed by atoms with van der Waals surface area (Å²) in [7, 11) is -3.15. The minimum absolute atomic E-state index is 0.185. The molecule has 0 aromatic carbocycles. The van der Waals surface area contributed by atoms with E-state index in [1.807, 2.05) is 6.07 Å². The van der Waals surface area contributed by atoms with E-state index in [1.165, 1.54) is 0 Å². The number of unbranched alkanes of at least 4 members (excludes halogenated alkanes) is 1. The molecule has 0 unspecified atom stereocenters. The van der Waals surface area contributed by atoms with Gasteiger partial charge in [-0.1, -0.05) is 13.8 Å². The lowest BCUT2D eigenvalue weighted by molar-refractivity contribution is 0.505. The second-order valence-electron chi connectivity index (χ2n) is 4.86. The van der Waals surface area contributed by atoms with Crippen molar-refractivity contribution in [2.45, 2.75) is 39.2 Å². The molecule has 0 amide bonds. The smallest absolute Gasteiger partial charge is 0.211 e. The van der Waals surface area contributed by atoms with E-state index in [-0.39, 0.29) is 5.75 Å². The third kappa shape index (κ3) is 8.02. The van der Waals surface area contributed by atoms with Crippen molar-refractivity contribution in [3.63, 3.8) is 0 Å². The van der Waals surface area contributed by atoms with Crippen LogP contribution in [0.4, 0.5) is 0 Å². The molecule has 0 aliphatic heterocycles. The fourth-order valence-corrected chi connectivity index (χ4v) is 2.81. The van der Waals surface area contributed by atoms with Gasteiger partial charge in [-0.25, -0.2) is 13.1 Å². The Labute approximate surface area is 115 Å². The lowest BCUT2D eigenvalue weighted by Gasteiger charge is -2.08. The average Bonchev–Trinajstić information content (AvgIpc) is 2.80. The van der Waals surface area contributed by atoms with E-state index in [4.69, 9.17) is 4.42 Å². The number of sulfonamides is 1. The Bertz CT molecular complexity index is 427. The van der Waals surface area contributed by atoms with Crippen LogP contribution < -0.4 is 10.0 Å². The minimum Gasteiger partial charge on any atom is -0.469 e. The first-order valence-corrected chi connectivity index (χ1v) is 8.38. The summed E-state index contributed by atoms with van der Waals surface area (Å²) in [5.41, 5.74) is 0. The Morgan fingerprint density at radius 2 is 2.05 bits per heavy atom. The largest absolute Gasteiger partial charge is 0.469 e. The van der Waals surface area contributed by atoms with Crippen molar-refractivity contribution < 1.29 is 12.8 Å². The van der Waals surface area contributed by atoms with Crippen molar-refractivity contribution in [1.82, 2.24) is 10.0 Å². The van der Waals surface area contributed by atoms with Crippen molar-refractivity contribution in [3.8, 4) is 0 Å². The molecule has 1 aromatic heterocycles. The maximum atomic E-state index is 11.7. The highest BCUT2D eigenvalue weighted by molar-refractivity contribution is 7.89. The van der Waals surface area contributed by atoms with Gasteiger partial charge in [0.25, 0.3) is 0 Å². The van der Waals surface area contributed by atoms with Gasteiger partial charge in [0.1, 0.15) is 5.76 Å². The van der Waals surface area contributed by atoms with Gasteiger partial charge in [0.2, 0.25) is 10.0 Å². The second-order valence-corrected chi connectivity index (χ2v) is 6.78. The molecule has 0 saturated carbocycles. The minimum atomic E-state index is -3.15. The molecule has 0 saturated heterocycles. The quantitative estimate of drug-likeness (QED) is 0.640. The van der Waals surface area contributed by atoms with Crippen LogP contribution in [-0.4, -0.2) is 33.3 Å². The second kappa shape index (κ2) is 8.35. The van der Waals surface area contributed by atoms with E-state index < -0.39 is 10.0 Å². The Kier molecular flexibility index (Phi) is 7.12. The molecule has 1 heterocycles. The molecular formula is C13H24N2O3S. The molecule has 0 fully saturated rings. The molecule has 0 spiro atoms. The molecule has 19 heavy (non-hydrogen) atoms. The van der Waals surface area contributed by atoms with Crippen LogP contribution in [0.1, 0.15) is 32.4 Å². The molecule has 0 aliphatic rings. The molecule has 0 radical (unpaired) electrons. The van der Waals surface area contributed by atoms with Crippen LogP contribution in [-0.2, 0) is 16.4 Å². The summed E-state index contributed by atoms with van der Waals surface area (Å²) in [6, 6.07) is 4.08. The zero-order chi connectivity index (χ0) is 14.1. The van der Waals surface area contributed by atoms with Crippen LogP contribution in [0.25, 0.3) is 0 Å². The van der Waals surface area contributed by atoms with Crippen LogP contribution in [0.5, 0.6) is 0 Å². The zero-order valence-corrected chi connectivity index (χ0v) is 12.5. The topological polar surface area (TPSA) is 71.3 Å². The Morgan fingerprint density at radius 1 is 1.26 bits per heavy atom. The van der Waals surface area contributed by atoms with Gasteiger partial charge in [-0.3, -0.25) is 0 Å². The first kappa shape index (κ1) is 16.2. The third-order valence-electron chi connectivity index (χ3n) is 2.67. The summed E-state index contributed by atoms with van der Waals surface area (Å²) >= 11 is 0. The average molecular weight is 288 g/mol. The number of hydrogen-bond donors (Lipinski definition) is 2. The van der Waals surface area contributed by atoms with E-state index in [2.05, 4.69) is 23.9 Å². The van der Waals surface area contributed by atoms with E-state index in [1.54, 1.807) is 12.3 Å². The normalized spacial score (nSPS) is 12.2. The SMILES string of the molecule is CC(C)NCCCCS(=O)(=O)NCCc1ccco1.